The van der Waals surface area contributed by atoms with Crippen LogP contribution in [0.4, 0.5) is 0 Å². The minimum Gasteiger partial charge on any atom is -0.357 e. The zero-order valence-corrected chi connectivity index (χ0v) is 17.5. The molecule has 0 aliphatic carbocycles. The van der Waals surface area contributed by atoms with E-state index in [1.165, 1.54) is 0 Å². The van der Waals surface area contributed by atoms with Crippen LogP contribution in [-0.4, -0.2) is 33.6 Å². The Morgan fingerprint density at radius 2 is 2.07 bits per heavy atom. The van der Waals surface area contributed by atoms with Crippen LogP contribution in [0.1, 0.15) is 37.7 Å². The average Bonchev–Trinajstić information content (AvgIpc) is 3.08. The van der Waals surface area contributed by atoms with Crippen molar-refractivity contribution in [3.63, 3.8) is 0 Å². The number of guanidine groups is 1. The lowest BCUT2D eigenvalue weighted by Gasteiger charge is -2.19. The fourth-order valence-corrected chi connectivity index (χ4v) is 3.52. The molecular weight excluding hydrogens is 395 g/mol. The van der Waals surface area contributed by atoms with Gasteiger partial charge in [0.2, 0.25) is 0 Å². The molecule has 3 aromatic rings. The van der Waals surface area contributed by atoms with Gasteiger partial charge in [-0.1, -0.05) is 35.3 Å². The van der Waals surface area contributed by atoms with Crippen LogP contribution >= 0.6 is 23.2 Å². The van der Waals surface area contributed by atoms with Crippen LogP contribution in [0.15, 0.2) is 47.6 Å². The number of hydrogen-bond acceptors (Lipinski definition) is 3. The summed E-state index contributed by atoms with van der Waals surface area (Å²) in [5.74, 6) is 1.71. The van der Waals surface area contributed by atoms with Gasteiger partial charge in [-0.25, -0.2) is 0 Å². The molecule has 6 nitrogen and oxygen atoms in total. The molecule has 8 heteroatoms. The molecule has 0 spiro atoms. The molecule has 0 saturated carbocycles. The number of aromatic nitrogens is 3. The van der Waals surface area contributed by atoms with Crippen LogP contribution in [0, 0.1) is 0 Å². The highest BCUT2D eigenvalue weighted by Crippen LogP contribution is 2.25. The largest absolute Gasteiger partial charge is 0.357 e. The van der Waals surface area contributed by atoms with Gasteiger partial charge in [0.1, 0.15) is 5.82 Å². The first-order valence-corrected chi connectivity index (χ1v) is 10.1. The monoisotopic (exact) mass is 418 g/mol. The number of halogens is 2. The van der Waals surface area contributed by atoms with Crippen LogP contribution < -0.4 is 10.6 Å². The Labute approximate surface area is 175 Å². The van der Waals surface area contributed by atoms with Gasteiger partial charge in [0.15, 0.2) is 11.6 Å². The standard InChI is InChI=1S/C20H24Cl2N6/c1-3-23-20(25-14(2)16-10-9-15(21)13-17(16)22)24-11-6-8-19-27-26-18-7-4-5-12-28(18)19/h4-5,7,9-10,12-14H,3,6,8,11H2,1-2H3,(H2,23,24,25). The molecular formula is C20H24Cl2N6. The summed E-state index contributed by atoms with van der Waals surface area (Å²) in [5.41, 5.74) is 1.84. The van der Waals surface area contributed by atoms with Crippen molar-refractivity contribution in [1.29, 1.82) is 0 Å². The van der Waals surface area contributed by atoms with Gasteiger partial charge in [0.25, 0.3) is 0 Å². The van der Waals surface area contributed by atoms with Crippen molar-refractivity contribution in [2.24, 2.45) is 4.99 Å². The lowest BCUT2D eigenvalue weighted by atomic mass is 10.1. The van der Waals surface area contributed by atoms with Crippen LogP contribution in [0.5, 0.6) is 0 Å². The summed E-state index contributed by atoms with van der Waals surface area (Å²) in [6.45, 7) is 5.55. The molecule has 1 unspecified atom stereocenters. The minimum absolute atomic E-state index is 0.00278. The van der Waals surface area contributed by atoms with Crippen molar-refractivity contribution in [1.82, 2.24) is 25.2 Å². The number of nitrogens with one attached hydrogen (secondary N) is 2. The fourth-order valence-electron chi connectivity index (χ4n) is 2.94. The van der Waals surface area contributed by atoms with Crippen LogP contribution in [0.2, 0.25) is 10.0 Å². The third-order valence-electron chi connectivity index (χ3n) is 4.34. The number of rotatable bonds is 7. The van der Waals surface area contributed by atoms with E-state index in [-0.39, 0.29) is 6.04 Å². The van der Waals surface area contributed by atoms with E-state index in [9.17, 15) is 0 Å². The molecule has 3 rings (SSSR count). The van der Waals surface area contributed by atoms with Crippen molar-refractivity contribution < 1.29 is 0 Å². The molecule has 0 aliphatic heterocycles. The van der Waals surface area contributed by atoms with Crippen molar-refractivity contribution in [3.05, 3.63) is 64.0 Å². The van der Waals surface area contributed by atoms with E-state index >= 15 is 0 Å². The van der Waals surface area contributed by atoms with E-state index in [4.69, 9.17) is 23.2 Å². The van der Waals surface area contributed by atoms with E-state index in [0.717, 1.165) is 42.4 Å². The van der Waals surface area contributed by atoms with Gasteiger partial charge >= 0.3 is 0 Å². The highest BCUT2D eigenvalue weighted by Gasteiger charge is 2.12. The van der Waals surface area contributed by atoms with Gasteiger partial charge in [0, 0.05) is 35.8 Å². The van der Waals surface area contributed by atoms with Gasteiger partial charge in [-0.3, -0.25) is 9.39 Å². The van der Waals surface area contributed by atoms with E-state index in [0.29, 0.717) is 16.6 Å². The third-order valence-corrected chi connectivity index (χ3v) is 4.90. The van der Waals surface area contributed by atoms with E-state index in [2.05, 4.69) is 25.8 Å². The number of nitrogens with zero attached hydrogens (tertiary/aromatic N) is 4. The first-order valence-electron chi connectivity index (χ1n) is 9.37. The lowest BCUT2D eigenvalue weighted by molar-refractivity contribution is 0.681. The maximum atomic E-state index is 6.32. The van der Waals surface area contributed by atoms with Gasteiger partial charge in [-0.2, -0.15) is 0 Å². The zero-order valence-electron chi connectivity index (χ0n) is 16.0. The molecule has 2 aromatic heterocycles. The predicted molar refractivity (Wildman–Crippen MR) is 115 cm³/mol. The number of pyridine rings is 1. The Morgan fingerprint density at radius 3 is 2.86 bits per heavy atom. The maximum absolute atomic E-state index is 6.32. The molecule has 2 heterocycles. The highest BCUT2D eigenvalue weighted by atomic mass is 35.5. The fraction of sp³-hybridized carbons (Fsp3) is 0.350. The molecule has 148 valence electrons. The number of fused-ring (bicyclic) bond motifs is 1. The van der Waals surface area contributed by atoms with E-state index in [1.807, 2.05) is 54.8 Å². The van der Waals surface area contributed by atoms with Gasteiger partial charge in [-0.05, 0) is 50.1 Å². The summed E-state index contributed by atoms with van der Waals surface area (Å²) in [6, 6.07) is 11.4. The molecule has 1 atom stereocenters. The molecule has 0 aliphatic rings. The molecule has 1 aromatic carbocycles. The quantitative estimate of drug-likeness (QED) is 0.341. The Hall–Kier alpha value is -2.31. The van der Waals surface area contributed by atoms with Crippen LogP contribution in [0.25, 0.3) is 5.65 Å². The summed E-state index contributed by atoms with van der Waals surface area (Å²) < 4.78 is 2.01. The summed E-state index contributed by atoms with van der Waals surface area (Å²) >= 11 is 12.3. The molecule has 0 bridgehead atoms. The summed E-state index contributed by atoms with van der Waals surface area (Å²) in [4.78, 5) is 4.67. The van der Waals surface area contributed by atoms with Crippen LogP contribution in [0.3, 0.4) is 0 Å². The topological polar surface area (TPSA) is 66.6 Å². The molecule has 2 N–H and O–H groups in total. The smallest absolute Gasteiger partial charge is 0.191 e. The molecule has 0 fully saturated rings. The minimum atomic E-state index is 0.00278. The lowest BCUT2D eigenvalue weighted by Crippen LogP contribution is -2.38. The van der Waals surface area contributed by atoms with E-state index < -0.39 is 0 Å². The second kappa shape index (κ2) is 9.75. The average molecular weight is 419 g/mol. The first-order chi connectivity index (χ1) is 13.6. The Kier molecular flexibility index (Phi) is 7.12. The molecule has 0 amide bonds. The number of aliphatic imine (C=N–C) groups is 1. The zero-order chi connectivity index (χ0) is 19.9. The van der Waals surface area contributed by atoms with Crippen molar-refractivity contribution in [3.8, 4) is 0 Å². The van der Waals surface area contributed by atoms with Crippen molar-refractivity contribution in [2.75, 3.05) is 13.1 Å². The third kappa shape index (κ3) is 5.14. The first kappa shape index (κ1) is 20.4. The van der Waals surface area contributed by atoms with Crippen molar-refractivity contribution >= 4 is 34.8 Å². The van der Waals surface area contributed by atoms with Crippen molar-refractivity contribution in [2.45, 2.75) is 32.7 Å². The Morgan fingerprint density at radius 1 is 1.21 bits per heavy atom. The number of benzene rings is 1. The molecule has 0 radical (unpaired) electrons. The second-order valence-electron chi connectivity index (χ2n) is 6.44. The van der Waals surface area contributed by atoms with Crippen LogP contribution in [-0.2, 0) is 6.42 Å². The number of aryl methyl sites for hydroxylation is 1. The second-order valence-corrected chi connectivity index (χ2v) is 7.28. The molecule has 0 saturated heterocycles. The predicted octanol–water partition coefficient (Wildman–Crippen LogP) is 4.29. The Balaban J connectivity index is 1.59. The SMILES string of the molecule is CCNC(=NCCCc1nnc2ccccn12)NC(C)c1ccc(Cl)cc1Cl. The number of hydrogen-bond donors (Lipinski definition) is 2. The Bertz CT molecular complexity index is 953. The van der Waals surface area contributed by atoms with E-state index in [1.54, 1.807) is 6.07 Å². The summed E-state index contributed by atoms with van der Waals surface area (Å²) in [7, 11) is 0. The van der Waals surface area contributed by atoms with Gasteiger partial charge in [-0.15, -0.1) is 10.2 Å². The molecule has 28 heavy (non-hydrogen) atoms. The van der Waals surface area contributed by atoms with Gasteiger partial charge < -0.3 is 10.6 Å². The van der Waals surface area contributed by atoms with Gasteiger partial charge in [0.05, 0.1) is 6.04 Å². The maximum Gasteiger partial charge on any atom is 0.191 e. The summed E-state index contributed by atoms with van der Waals surface area (Å²) in [5, 5.41) is 16.4. The summed E-state index contributed by atoms with van der Waals surface area (Å²) in [6.07, 6.45) is 3.67. The normalized spacial score (nSPS) is 12.9. The highest BCUT2D eigenvalue weighted by molar-refractivity contribution is 6.35.